The largest absolute Gasteiger partial charge is 0.435 e. The first kappa shape index (κ1) is 24.9. The maximum Gasteiger partial charge on any atom is 0.435 e. The van der Waals surface area contributed by atoms with E-state index in [1.54, 1.807) is 6.92 Å². The van der Waals surface area contributed by atoms with E-state index in [2.05, 4.69) is 15.6 Å². The van der Waals surface area contributed by atoms with Crippen LogP contribution >= 0.6 is 46.4 Å². The number of nitrogens with zero attached hydrogens (tertiary/aromatic N) is 2. The molecule has 2 heterocycles. The maximum absolute atomic E-state index is 14.2. The van der Waals surface area contributed by atoms with Gasteiger partial charge in [0.05, 0.1) is 37.1 Å². The van der Waals surface area contributed by atoms with Gasteiger partial charge in [0, 0.05) is 24.0 Å². The van der Waals surface area contributed by atoms with E-state index in [4.69, 9.17) is 56.1 Å². The summed E-state index contributed by atoms with van der Waals surface area (Å²) < 4.78 is 42.6. The van der Waals surface area contributed by atoms with Crippen LogP contribution in [-0.4, -0.2) is 29.7 Å². The molecule has 2 atom stereocenters. The highest BCUT2D eigenvalue weighted by molar-refractivity contribution is 6.48. The maximum atomic E-state index is 14.2. The summed E-state index contributed by atoms with van der Waals surface area (Å²) in [6.45, 7) is 1.76. The molecule has 4 rings (SSSR count). The predicted molar refractivity (Wildman–Crippen MR) is 123 cm³/mol. The number of oxime groups is 2. The predicted octanol–water partition coefficient (Wildman–Crippen LogP) is 6.73. The monoisotopic (exact) mass is 553 g/mol. The smallest absolute Gasteiger partial charge is 0.374 e. The van der Waals surface area contributed by atoms with E-state index in [0.717, 1.165) is 17.8 Å². The van der Waals surface area contributed by atoms with Gasteiger partial charge in [-0.25, -0.2) is 0 Å². The van der Waals surface area contributed by atoms with Gasteiger partial charge in [0.25, 0.3) is 11.5 Å². The molecular formula is C21H14Cl4F3N3O3. The summed E-state index contributed by atoms with van der Waals surface area (Å²) in [6, 6.07) is 6.22. The minimum absolute atomic E-state index is 0.00966. The van der Waals surface area contributed by atoms with E-state index in [9.17, 15) is 18.0 Å². The molecule has 34 heavy (non-hydrogen) atoms. The van der Waals surface area contributed by atoms with Crippen LogP contribution in [-0.2, 0) is 15.3 Å². The zero-order chi connectivity index (χ0) is 24.8. The number of benzene rings is 2. The second kappa shape index (κ2) is 9.11. The lowest BCUT2D eigenvalue weighted by molar-refractivity contribution is -0.275. The summed E-state index contributed by atoms with van der Waals surface area (Å²) in [4.78, 5) is 22.5. The molecule has 0 spiro atoms. The zero-order valence-electron chi connectivity index (χ0n) is 17.1. The van der Waals surface area contributed by atoms with E-state index in [1.165, 1.54) is 18.2 Å². The first-order chi connectivity index (χ1) is 15.9. The SMILES string of the molecule is CC1=NOC(NC(=O)c2ccc(C3=NO[C@@](c4cc(Cl)c(Cl)c(Cl)c4)(C(F)(F)F)C3)cc2Cl)C1. The third-order valence-electron chi connectivity index (χ3n) is 5.29. The summed E-state index contributed by atoms with van der Waals surface area (Å²) in [5.41, 5.74) is -2.14. The molecule has 0 aliphatic carbocycles. The molecule has 0 saturated heterocycles. The Balaban J connectivity index is 1.59. The molecule has 0 radical (unpaired) electrons. The molecule has 0 aromatic heterocycles. The Hall–Kier alpha value is -2.20. The van der Waals surface area contributed by atoms with Crippen molar-refractivity contribution >= 4 is 63.7 Å². The average Bonchev–Trinajstić information content (AvgIpc) is 3.38. The summed E-state index contributed by atoms with van der Waals surface area (Å²) in [6.07, 6.45) is -5.75. The fourth-order valence-electron chi connectivity index (χ4n) is 3.52. The van der Waals surface area contributed by atoms with Crippen LogP contribution in [0.2, 0.25) is 20.1 Å². The molecule has 0 saturated carbocycles. The molecule has 13 heteroatoms. The van der Waals surface area contributed by atoms with Gasteiger partial charge in [0.15, 0.2) is 0 Å². The Kier molecular flexibility index (Phi) is 6.67. The van der Waals surface area contributed by atoms with Crippen LogP contribution in [0.1, 0.15) is 41.3 Å². The van der Waals surface area contributed by atoms with Crippen molar-refractivity contribution in [1.82, 2.24) is 5.32 Å². The lowest BCUT2D eigenvalue weighted by atomic mass is 9.86. The van der Waals surface area contributed by atoms with Crippen molar-refractivity contribution in [2.24, 2.45) is 10.3 Å². The molecule has 0 bridgehead atoms. The van der Waals surface area contributed by atoms with E-state index < -0.39 is 30.3 Å². The molecule has 1 N–H and O–H groups in total. The lowest BCUT2D eigenvalue weighted by Crippen LogP contribution is -2.42. The minimum Gasteiger partial charge on any atom is -0.374 e. The van der Waals surface area contributed by atoms with Gasteiger partial charge >= 0.3 is 6.18 Å². The Morgan fingerprint density at radius 2 is 1.76 bits per heavy atom. The van der Waals surface area contributed by atoms with Gasteiger partial charge in [0.2, 0.25) is 6.23 Å². The minimum atomic E-state index is -4.87. The van der Waals surface area contributed by atoms with Gasteiger partial charge in [-0.2, -0.15) is 13.2 Å². The number of amides is 1. The van der Waals surface area contributed by atoms with Crippen LogP contribution in [0, 0.1) is 0 Å². The Bertz CT molecular complexity index is 1210. The number of alkyl halides is 3. The standard InChI is InChI=1S/C21H14Cl4F3N3O3/c1-9-4-17(33-30-9)29-19(32)12-3-2-10(5-13(12)22)16-8-20(34-31-16,21(26,27)28)11-6-14(23)18(25)15(24)7-11/h2-3,5-7,17H,4,8H2,1H3,(H,29,32)/t17?,20-/m0/s1. The number of halogens is 7. The second-order valence-electron chi connectivity index (χ2n) is 7.68. The number of carbonyl (C=O) groups excluding carboxylic acids is 1. The highest BCUT2D eigenvalue weighted by Crippen LogP contribution is 2.50. The van der Waals surface area contributed by atoms with Crippen molar-refractivity contribution in [3.8, 4) is 0 Å². The van der Waals surface area contributed by atoms with Crippen molar-refractivity contribution in [2.75, 3.05) is 0 Å². The van der Waals surface area contributed by atoms with E-state index in [-0.39, 0.29) is 42.5 Å². The quantitative estimate of drug-likeness (QED) is 0.426. The van der Waals surface area contributed by atoms with Crippen LogP contribution in [0.3, 0.4) is 0 Å². The van der Waals surface area contributed by atoms with Crippen LogP contribution < -0.4 is 5.32 Å². The summed E-state index contributed by atoms with van der Waals surface area (Å²) >= 11 is 24.0. The van der Waals surface area contributed by atoms with Gasteiger partial charge in [-0.3, -0.25) is 4.79 Å². The Morgan fingerprint density at radius 3 is 2.32 bits per heavy atom. The lowest BCUT2D eigenvalue weighted by Gasteiger charge is -2.30. The van der Waals surface area contributed by atoms with Crippen molar-refractivity contribution in [2.45, 2.75) is 37.8 Å². The van der Waals surface area contributed by atoms with E-state index in [0.29, 0.717) is 6.42 Å². The molecular weight excluding hydrogens is 541 g/mol. The average molecular weight is 555 g/mol. The highest BCUT2D eigenvalue weighted by Gasteiger charge is 2.62. The normalized spacial score (nSPS) is 22.1. The van der Waals surface area contributed by atoms with Gasteiger partial charge in [-0.15, -0.1) is 0 Å². The van der Waals surface area contributed by atoms with Crippen molar-refractivity contribution in [3.63, 3.8) is 0 Å². The number of rotatable bonds is 4. The van der Waals surface area contributed by atoms with E-state index >= 15 is 0 Å². The van der Waals surface area contributed by atoms with Gasteiger partial charge in [-0.1, -0.05) is 62.8 Å². The number of hydrogen-bond donors (Lipinski definition) is 1. The van der Waals surface area contributed by atoms with Crippen LogP contribution in [0.5, 0.6) is 0 Å². The topological polar surface area (TPSA) is 72.3 Å². The third-order valence-corrected chi connectivity index (χ3v) is 6.80. The summed E-state index contributed by atoms with van der Waals surface area (Å²) in [7, 11) is 0. The van der Waals surface area contributed by atoms with Crippen molar-refractivity contribution < 1.29 is 27.6 Å². The highest BCUT2D eigenvalue weighted by atomic mass is 35.5. The third kappa shape index (κ3) is 4.54. The van der Waals surface area contributed by atoms with E-state index in [1.807, 2.05) is 0 Å². The molecule has 2 aromatic rings. The molecule has 1 amide bonds. The fraction of sp³-hybridized carbons (Fsp3) is 0.286. The van der Waals surface area contributed by atoms with Crippen LogP contribution in [0.4, 0.5) is 13.2 Å². The van der Waals surface area contributed by atoms with Gasteiger partial charge in [0.1, 0.15) is 0 Å². The Morgan fingerprint density at radius 1 is 1.09 bits per heavy atom. The Labute approximate surface area is 211 Å². The van der Waals surface area contributed by atoms with Gasteiger partial charge in [-0.05, 0) is 31.2 Å². The molecule has 180 valence electrons. The molecule has 2 aromatic carbocycles. The molecule has 0 fully saturated rings. The molecule has 6 nitrogen and oxygen atoms in total. The summed E-state index contributed by atoms with van der Waals surface area (Å²) in [5, 5.41) is 9.67. The zero-order valence-corrected chi connectivity index (χ0v) is 20.2. The molecule has 1 unspecified atom stereocenters. The molecule has 2 aliphatic heterocycles. The first-order valence-electron chi connectivity index (χ1n) is 9.68. The fourth-order valence-corrected chi connectivity index (χ4v) is 4.39. The molecule has 2 aliphatic rings. The first-order valence-corrected chi connectivity index (χ1v) is 11.2. The number of nitrogens with one attached hydrogen (secondary N) is 1. The second-order valence-corrected chi connectivity index (χ2v) is 9.28. The van der Waals surface area contributed by atoms with Crippen molar-refractivity contribution in [1.29, 1.82) is 0 Å². The van der Waals surface area contributed by atoms with Crippen molar-refractivity contribution in [3.05, 3.63) is 67.1 Å². The van der Waals surface area contributed by atoms with Crippen LogP contribution in [0.25, 0.3) is 0 Å². The number of carbonyl (C=O) groups is 1. The number of hydrogen-bond acceptors (Lipinski definition) is 5. The van der Waals surface area contributed by atoms with Crippen LogP contribution in [0.15, 0.2) is 40.6 Å². The van der Waals surface area contributed by atoms with Gasteiger partial charge < -0.3 is 15.0 Å². The summed E-state index contributed by atoms with van der Waals surface area (Å²) in [5.74, 6) is -0.522.